The molecular weight excluding hydrogens is 369 g/mol. The van der Waals surface area contributed by atoms with Crippen LogP contribution in [0.3, 0.4) is 0 Å². The number of carbonyl (C=O) groups is 2. The average molecular weight is 391 g/mol. The Balaban J connectivity index is 1.71. The maximum atomic E-state index is 13.5. The van der Waals surface area contributed by atoms with E-state index in [0.29, 0.717) is 5.69 Å². The number of amides is 2. The van der Waals surface area contributed by atoms with Gasteiger partial charge in [-0.25, -0.2) is 4.90 Å². The first-order chi connectivity index (χ1) is 12.9. The number of methoxy groups -OCH3 is 1. The number of fused-ring (bicyclic) bond motifs is 1. The number of nitrogens with zero attached hydrogens (tertiary/aromatic N) is 1. The molecule has 7 nitrogen and oxygen atoms in total. The van der Waals surface area contributed by atoms with Crippen LogP contribution in [0.5, 0.6) is 0 Å². The highest BCUT2D eigenvalue weighted by Crippen LogP contribution is 2.68. The second kappa shape index (κ2) is 6.67. The molecule has 2 amide bonds. The van der Waals surface area contributed by atoms with E-state index in [-0.39, 0.29) is 18.4 Å². The lowest BCUT2D eigenvalue weighted by molar-refractivity contribution is -0.124. The zero-order chi connectivity index (χ0) is 19.3. The molecule has 144 valence electrons. The van der Waals surface area contributed by atoms with Crippen LogP contribution in [0.1, 0.15) is 13.8 Å². The lowest BCUT2D eigenvalue weighted by Gasteiger charge is -2.45. The fraction of sp³-hybridized carbons (Fsp3) is 0.474. The third-order valence-corrected chi connectivity index (χ3v) is 7.72. The molecule has 1 aromatic carbocycles. The van der Waals surface area contributed by atoms with Crippen LogP contribution >= 0.6 is 7.60 Å². The normalized spacial score (nSPS) is 36.0. The second-order valence-electron chi connectivity index (χ2n) is 7.24. The van der Waals surface area contributed by atoms with Crippen molar-refractivity contribution in [3.8, 4) is 0 Å². The molecule has 1 aromatic rings. The Morgan fingerprint density at radius 3 is 2.52 bits per heavy atom. The van der Waals surface area contributed by atoms with Crippen LogP contribution in [0.25, 0.3) is 0 Å². The standard InChI is InChI=1S/C19H22NO6P/c1-11-9-14-15-16(17(11)26-27(14,23)25-12(2)10-24-3)19(22)20(18(15)21)13-7-5-4-6-8-13/h4-9,12,14-17H,10H2,1-3H3/t12?,14-,15+,16+,17+,27?/m0/s1. The largest absolute Gasteiger partial charge is 0.382 e. The Kier molecular flexibility index (Phi) is 4.59. The SMILES string of the molecule is COCC(C)OP1(=O)O[C@@H]2C(C)=C[C@H]1[C@H]1C(=O)N(c3ccccc3)C(=O)[C@H]12. The van der Waals surface area contributed by atoms with Crippen molar-refractivity contribution in [2.75, 3.05) is 18.6 Å². The fourth-order valence-electron chi connectivity index (χ4n) is 4.25. The highest BCUT2D eigenvalue weighted by molar-refractivity contribution is 7.55. The second-order valence-corrected chi connectivity index (χ2v) is 9.34. The van der Waals surface area contributed by atoms with E-state index in [2.05, 4.69) is 0 Å². The maximum absolute atomic E-state index is 13.5. The molecule has 2 bridgehead atoms. The number of imide groups is 1. The smallest absolute Gasteiger partial charge is 0.339 e. The molecule has 0 radical (unpaired) electrons. The van der Waals surface area contributed by atoms with Crippen molar-refractivity contribution in [2.45, 2.75) is 31.7 Å². The van der Waals surface area contributed by atoms with E-state index >= 15 is 0 Å². The van der Waals surface area contributed by atoms with Gasteiger partial charge in [-0.15, -0.1) is 0 Å². The van der Waals surface area contributed by atoms with Gasteiger partial charge in [0.05, 0.1) is 35.9 Å². The van der Waals surface area contributed by atoms with Crippen molar-refractivity contribution in [3.05, 3.63) is 42.0 Å². The summed E-state index contributed by atoms with van der Waals surface area (Å²) < 4.78 is 30.1. The van der Waals surface area contributed by atoms with E-state index in [0.717, 1.165) is 5.57 Å². The van der Waals surface area contributed by atoms with Gasteiger partial charge in [0, 0.05) is 7.11 Å². The summed E-state index contributed by atoms with van der Waals surface area (Å²) in [6.45, 7) is 3.82. The van der Waals surface area contributed by atoms with Gasteiger partial charge in [-0.3, -0.25) is 18.7 Å². The predicted octanol–water partition coefficient (Wildman–Crippen LogP) is 2.76. The van der Waals surface area contributed by atoms with E-state index < -0.39 is 37.3 Å². The van der Waals surface area contributed by atoms with E-state index in [1.807, 2.05) is 13.0 Å². The minimum Gasteiger partial charge on any atom is -0.382 e. The van der Waals surface area contributed by atoms with Gasteiger partial charge in [0.2, 0.25) is 11.8 Å². The molecular formula is C19H22NO6P. The quantitative estimate of drug-likeness (QED) is 0.436. The van der Waals surface area contributed by atoms with Gasteiger partial charge in [0.25, 0.3) is 0 Å². The van der Waals surface area contributed by atoms with Gasteiger partial charge >= 0.3 is 7.60 Å². The summed E-state index contributed by atoms with van der Waals surface area (Å²) in [5.41, 5.74) is 0.561. The summed E-state index contributed by atoms with van der Waals surface area (Å²) in [5, 5.41) is 0. The molecule has 0 spiro atoms. The number of benzene rings is 1. The fourth-order valence-corrected chi connectivity index (χ4v) is 6.88. The summed E-state index contributed by atoms with van der Waals surface area (Å²) in [7, 11) is -2.08. The highest BCUT2D eigenvalue weighted by Gasteiger charge is 2.66. The molecule has 2 unspecified atom stereocenters. The van der Waals surface area contributed by atoms with Gasteiger partial charge in [-0.05, 0) is 31.6 Å². The molecule has 3 heterocycles. The number of anilines is 1. The molecule has 0 N–H and O–H groups in total. The number of ether oxygens (including phenoxy) is 1. The molecule has 1 aliphatic carbocycles. The predicted molar refractivity (Wildman–Crippen MR) is 98.4 cm³/mol. The molecule has 6 atom stereocenters. The molecule has 3 aliphatic heterocycles. The minimum absolute atomic E-state index is 0.255. The first-order valence-corrected chi connectivity index (χ1v) is 10.5. The highest BCUT2D eigenvalue weighted by atomic mass is 31.2. The van der Waals surface area contributed by atoms with Crippen molar-refractivity contribution < 1.29 is 27.9 Å². The van der Waals surface area contributed by atoms with Crippen LogP contribution in [0.2, 0.25) is 0 Å². The number of allylic oxidation sites excluding steroid dienone is 1. The van der Waals surface area contributed by atoms with Gasteiger partial charge in [0.1, 0.15) is 6.10 Å². The molecule has 5 rings (SSSR count). The van der Waals surface area contributed by atoms with E-state index in [1.165, 1.54) is 12.0 Å². The van der Waals surface area contributed by atoms with Gasteiger partial charge < -0.3 is 9.26 Å². The average Bonchev–Trinajstić information content (AvgIpc) is 2.89. The zero-order valence-corrected chi connectivity index (χ0v) is 16.3. The van der Waals surface area contributed by atoms with E-state index in [4.69, 9.17) is 13.8 Å². The van der Waals surface area contributed by atoms with E-state index in [9.17, 15) is 14.2 Å². The summed E-state index contributed by atoms with van der Waals surface area (Å²) in [6.07, 6.45) is 0.616. The Morgan fingerprint density at radius 2 is 1.85 bits per heavy atom. The maximum Gasteiger partial charge on any atom is 0.339 e. The van der Waals surface area contributed by atoms with Crippen LogP contribution in [0.15, 0.2) is 42.0 Å². The van der Waals surface area contributed by atoms with Crippen molar-refractivity contribution in [3.63, 3.8) is 0 Å². The lowest BCUT2D eigenvalue weighted by atomic mass is 9.79. The number of carbonyl (C=O) groups excluding carboxylic acids is 2. The van der Waals surface area contributed by atoms with Crippen molar-refractivity contribution in [2.24, 2.45) is 11.8 Å². The minimum atomic E-state index is -3.61. The third-order valence-electron chi connectivity index (χ3n) is 5.34. The number of rotatable bonds is 5. The van der Waals surface area contributed by atoms with Gasteiger partial charge in [0.15, 0.2) is 0 Å². The summed E-state index contributed by atoms with van der Waals surface area (Å²) in [6, 6.07) is 8.79. The molecule has 27 heavy (non-hydrogen) atoms. The molecule has 0 saturated carbocycles. The number of hydrogen-bond acceptors (Lipinski definition) is 6. The number of para-hydroxylation sites is 1. The van der Waals surface area contributed by atoms with Crippen LogP contribution in [-0.2, 0) is 27.9 Å². The zero-order valence-electron chi connectivity index (χ0n) is 15.4. The molecule has 2 fully saturated rings. The first-order valence-electron chi connectivity index (χ1n) is 8.94. The summed E-state index contributed by atoms with van der Waals surface area (Å²) in [4.78, 5) is 27.4. The van der Waals surface area contributed by atoms with E-state index in [1.54, 1.807) is 37.3 Å². The molecule has 4 aliphatic rings. The molecule has 8 heteroatoms. The summed E-state index contributed by atoms with van der Waals surface area (Å²) >= 11 is 0. The Morgan fingerprint density at radius 1 is 1.19 bits per heavy atom. The Bertz CT molecular complexity index is 853. The number of hydrogen-bond donors (Lipinski definition) is 0. The summed E-state index contributed by atoms with van der Waals surface area (Å²) in [5.74, 6) is -2.06. The Labute approximate surface area is 157 Å². The van der Waals surface area contributed by atoms with Crippen LogP contribution in [-0.4, -0.2) is 43.4 Å². The topological polar surface area (TPSA) is 82.1 Å². The van der Waals surface area contributed by atoms with Gasteiger partial charge in [-0.2, -0.15) is 0 Å². The van der Waals surface area contributed by atoms with Crippen molar-refractivity contribution in [1.29, 1.82) is 0 Å². The van der Waals surface area contributed by atoms with Crippen molar-refractivity contribution in [1.82, 2.24) is 0 Å². The monoisotopic (exact) mass is 391 g/mol. The Hall–Kier alpha value is -1.79. The third kappa shape index (κ3) is 2.81. The molecule has 2 saturated heterocycles. The van der Waals surface area contributed by atoms with Crippen LogP contribution in [0.4, 0.5) is 5.69 Å². The van der Waals surface area contributed by atoms with Crippen LogP contribution in [0, 0.1) is 11.8 Å². The first kappa shape index (κ1) is 18.6. The van der Waals surface area contributed by atoms with Crippen LogP contribution < -0.4 is 4.90 Å². The van der Waals surface area contributed by atoms with Crippen molar-refractivity contribution >= 4 is 25.1 Å². The van der Waals surface area contributed by atoms with Gasteiger partial charge in [-0.1, -0.05) is 24.3 Å². The molecule has 0 aromatic heterocycles. The lowest BCUT2D eigenvalue weighted by Crippen LogP contribution is -2.48.